The van der Waals surface area contributed by atoms with Gasteiger partial charge in [-0.2, -0.15) is 0 Å². The molecule has 0 unspecified atom stereocenters. The van der Waals surface area contributed by atoms with Gasteiger partial charge in [0.05, 0.1) is 36.8 Å². The Kier molecular flexibility index (Phi) is 4.65. The van der Waals surface area contributed by atoms with Crippen LogP contribution in [-0.2, 0) is 32.3 Å². The molecule has 0 N–H and O–H groups in total. The van der Waals surface area contributed by atoms with Gasteiger partial charge in [-0.3, -0.25) is 29.0 Å². The Labute approximate surface area is 175 Å². The van der Waals surface area contributed by atoms with Crippen LogP contribution in [0.25, 0.3) is 0 Å². The standard InChI is InChI=1S/C24H24N2O4/c27-21-17-8-1-2-9-18(17)22(28)25(21)13-15-6-5-7-16(12-15)14-26-23(29)19-10-3-4-11-20(19)24(26)30/h1-7,12,17-20H,8-11,13-14H2/t17-,18-,19-,20+/m0/s1. The van der Waals surface area contributed by atoms with Crippen molar-refractivity contribution in [3.8, 4) is 0 Å². The van der Waals surface area contributed by atoms with Crippen LogP contribution in [0.1, 0.15) is 36.8 Å². The molecule has 2 saturated heterocycles. The predicted octanol–water partition coefficient (Wildman–Crippen LogP) is 2.59. The van der Waals surface area contributed by atoms with E-state index in [2.05, 4.69) is 0 Å². The summed E-state index contributed by atoms with van der Waals surface area (Å²) in [7, 11) is 0. The molecule has 0 aromatic heterocycles. The number of carbonyl (C=O) groups is 4. The molecular weight excluding hydrogens is 380 g/mol. The van der Waals surface area contributed by atoms with Crippen molar-refractivity contribution < 1.29 is 19.2 Å². The summed E-state index contributed by atoms with van der Waals surface area (Å²) in [6, 6.07) is 7.49. The van der Waals surface area contributed by atoms with Gasteiger partial charge in [-0.25, -0.2) is 0 Å². The first-order valence-corrected chi connectivity index (χ1v) is 10.6. The molecule has 2 aliphatic carbocycles. The molecule has 6 nitrogen and oxygen atoms in total. The van der Waals surface area contributed by atoms with Gasteiger partial charge in [-0.1, -0.05) is 48.6 Å². The van der Waals surface area contributed by atoms with Crippen LogP contribution in [-0.4, -0.2) is 33.4 Å². The molecule has 0 saturated carbocycles. The third-order valence-corrected chi connectivity index (χ3v) is 6.87. The number of allylic oxidation sites excluding steroid dienone is 4. The van der Waals surface area contributed by atoms with E-state index in [1.165, 1.54) is 9.80 Å². The summed E-state index contributed by atoms with van der Waals surface area (Å²) in [6.07, 6.45) is 10.4. The van der Waals surface area contributed by atoms with Gasteiger partial charge in [0.25, 0.3) is 0 Å². The SMILES string of the molecule is O=C1[C@H]2CC=CC[C@@H]2C(=O)N1Cc1cccc(CN2C(=O)[C@H]3CC=CC[C@H]3C2=O)c1. The quantitative estimate of drug-likeness (QED) is 0.571. The van der Waals surface area contributed by atoms with Crippen LogP contribution in [0.5, 0.6) is 0 Å². The Morgan fingerprint density at radius 2 is 0.933 bits per heavy atom. The van der Waals surface area contributed by atoms with Gasteiger partial charge < -0.3 is 0 Å². The predicted molar refractivity (Wildman–Crippen MR) is 108 cm³/mol. The number of fused-ring (bicyclic) bond motifs is 2. The molecular formula is C24H24N2O4. The number of hydrogen-bond acceptors (Lipinski definition) is 4. The van der Waals surface area contributed by atoms with Crippen LogP contribution < -0.4 is 0 Å². The highest BCUT2D eigenvalue weighted by Gasteiger charge is 2.48. The van der Waals surface area contributed by atoms with E-state index in [9.17, 15) is 19.2 Å². The van der Waals surface area contributed by atoms with Gasteiger partial charge in [-0.15, -0.1) is 0 Å². The zero-order chi connectivity index (χ0) is 20.8. The van der Waals surface area contributed by atoms with Crippen molar-refractivity contribution in [1.29, 1.82) is 0 Å². The molecule has 1 aromatic carbocycles. The number of benzene rings is 1. The Balaban J connectivity index is 1.31. The van der Waals surface area contributed by atoms with Crippen molar-refractivity contribution in [3.63, 3.8) is 0 Å². The largest absolute Gasteiger partial charge is 0.278 e. The average Bonchev–Trinajstić information content (AvgIpc) is 3.15. The molecule has 4 amide bonds. The number of carbonyl (C=O) groups excluding carboxylic acids is 4. The maximum absolute atomic E-state index is 12.7. The number of nitrogens with zero attached hydrogens (tertiary/aromatic N) is 2. The number of rotatable bonds is 4. The topological polar surface area (TPSA) is 74.8 Å². The second-order valence-corrected chi connectivity index (χ2v) is 8.66. The molecule has 1 aromatic rings. The van der Waals surface area contributed by atoms with E-state index >= 15 is 0 Å². The lowest BCUT2D eigenvalue weighted by Crippen LogP contribution is -2.31. The van der Waals surface area contributed by atoms with E-state index in [1.54, 1.807) is 0 Å². The summed E-state index contributed by atoms with van der Waals surface area (Å²) in [5, 5.41) is 0. The molecule has 30 heavy (non-hydrogen) atoms. The van der Waals surface area contributed by atoms with Crippen LogP contribution in [0.2, 0.25) is 0 Å². The van der Waals surface area contributed by atoms with Crippen LogP contribution in [0, 0.1) is 23.7 Å². The maximum Gasteiger partial charge on any atom is 0.233 e. The summed E-state index contributed by atoms with van der Waals surface area (Å²) < 4.78 is 0. The van der Waals surface area contributed by atoms with E-state index in [4.69, 9.17) is 0 Å². The summed E-state index contributed by atoms with van der Waals surface area (Å²) in [5.41, 5.74) is 1.66. The van der Waals surface area contributed by atoms with Crippen molar-refractivity contribution in [3.05, 3.63) is 59.7 Å². The fourth-order valence-electron chi connectivity index (χ4n) is 5.24. The zero-order valence-electron chi connectivity index (χ0n) is 16.7. The Bertz CT molecular complexity index is 867. The monoisotopic (exact) mass is 404 g/mol. The lowest BCUT2D eigenvalue weighted by atomic mass is 9.85. The first kappa shape index (κ1) is 19.0. The summed E-state index contributed by atoms with van der Waals surface area (Å²) in [4.78, 5) is 53.6. The second-order valence-electron chi connectivity index (χ2n) is 8.66. The van der Waals surface area contributed by atoms with E-state index in [1.807, 2.05) is 48.6 Å². The molecule has 2 fully saturated rings. The fraction of sp³-hybridized carbons (Fsp3) is 0.417. The molecule has 2 heterocycles. The fourth-order valence-corrected chi connectivity index (χ4v) is 5.24. The highest BCUT2D eigenvalue weighted by atomic mass is 16.2. The second kappa shape index (κ2) is 7.35. The van der Waals surface area contributed by atoms with Crippen LogP contribution in [0.3, 0.4) is 0 Å². The number of amides is 4. The summed E-state index contributed by atoms with van der Waals surface area (Å²) in [6.45, 7) is 0.463. The molecule has 4 atom stereocenters. The van der Waals surface area contributed by atoms with E-state index in [0.29, 0.717) is 25.7 Å². The average molecular weight is 404 g/mol. The summed E-state index contributed by atoms with van der Waals surface area (Å²) in [5.74, 6) is -1.32. The van der Waals surface area contributed by atoms with Gasteiger partial charge in [-0.05, 0) is 36.8 Å². The van der Waals surface area contributed by atoms with E-state index < -0.39 is 0 Å². The van der Waals surface area contributed by atoms with Gasteiger partial charge >= 0.3 is 0 Å². The maximum atomic E-state index is 12.7. The molecule has 0 spiro atoms. The molecule has 0 bridgehead atoms. The molecule has 2 aliphatic heterocycles. The Morgan fingerprint density at radius 3 is 1.27 bits per heavy atom. The third kappa shape index (κ3) is 3.02. The van der Waals surface area contributed by atoms with E-state index in [0.717, 1.165) is 11.1 Å². The first-order chi connectivity index (χ1) is 14.5. The molecule has 154 valence electrons. The highest BCUT2D eigenvalue weighted by Crippen LogP contribution is 2.37. The van der Waals surface area contributed by atoms with Crippen molar-refractivity contribution in [2.24, 2.45) is 23.7 Å². The van der Waals surface area contributed by atoms with Crippen molar-refractivity contribution in [1.82, 2.24) is 9.80 Å². The lowest BCUT2D eigenvalue weighted by Gasteiger charge is -2.18. The normalized spacial score (nSPS) is 30.3. The molecule has 5 rings (SSSR count). The van der Waals surface area contributed by atoms with Crippen molar-refractivity contribution in [2.75, 3.05) is 0 Å². The van der Waals surface area contributed by atoms with Crippen LogP contribution in [0.15, 0.2) is 48.6 Å². The number of imide groups is 2. The molecule has 6 heteroatoms. The van der Waals surface area contributed by atoms with Crippen molar-refractivity contribution >= 4 is 23.6 Å². The third-order valence-electron chi connectivity index (χ3n) is 6.87. The highest BCUT2D eigenvalue weighted by molar-refractivity contribution is 6.06. The number of likely N-dealkylation sites (tertiary alicyclic amines) is 2. The van der Waals surface area contributed by atoms with Crippen LogP contribution >= 0.6 is 0 Å². The molecule has 0 radical (unpaired) electrons. The Morgan fingerprint density at radius 1 is 0.600 bits per heavy atom. The van der Waals surface area contributed by atoms with Gasteiger partial charge in [0.2, 0.25) is 23.6 Å². The minimum absolute atomic E-state index is 0.0961. The lowest BCUT2D eigenvalue weighted by molar-refractivity contribution is -0.142. The van der Waals surface area contributed by atoms with E-state index in [-0.39, 0.29) is 60.4 Å². The van der Waals surface area contributed by atoms with Gasteiger partial charge in [0, 0.05) is 0 Å². The van der Waals surface area contributed by atoms with Gasteiger partial charge in [0.1, 0.15) is 0 Å². The smallest absolute Gasteiger partial charge is 0.233 e. The molecule has 4 aliphatic rings. The minimum atomic E-state index is -0.234. The summed E-state index contributed by atoms with van der Waals surface area (Å²) >= 11 is 0. The number of hydrogen-bond donors (Lipinski definition) is 0. The van der Waals surface area contributed by atoms with Gasteiger partial charge in [0.15, 0.2) is 0 Å². The van der Waals surface area contributed by atoms with Crippen molar-refractivity contribution in [2.45, 2.75) is 38.8 Å². The first-order valence-electron chi connectivity index (χ1n) is 10.6. The zero-order valence-corrected chi connectivity index (χ0v) is 16.7. The Hall–Kier alpha value is -3.02. The minimum Gasteiger partial charge on any atom is -0.278 e. The van der Waals surface area contributed by atoms with Crippen LogP contribution in [0.4, 0.5) is 0 Å².